The van der Waals surface area contributed by atoms with Gasteiger partial charge in [-0.15, -0.1) is 0 Å². The molecule has 0 unspecified atom stereocenters. The molecule has 2 amide bonds. The summed E-state index contributed by atoms with van der Waals surface area (Å²) in [6, 6.07) is 5.69. The first kappa shape index (κ1) is 37.8. The van der Waals surface area contributed by atoms with Gasteiger partial charge in [-0.05, 0) is 81.0 Å². The number of pyridine rings is 1. The maximum atomic E-state index is 13.8. The van der Waals surface area contributed by atoms with Crippen LogP contribution in [0.25, 0.3) is 11.2 Å². The van der Waals surface area contributed by atoms with Crippen LogP contribution in [-0.4, -0.2) is 68.9 Å². The Labute approximate surface area is 296 Å². The highest BCUT2D eigenvalue weighted by Gasteiger charge is 2.66. The number of imidazole rings is 1. The molecule has 1 saturated heterocycles. The highest BCUT2D eigenvalue weighted by Crippen LogP contribution is 2.53. The maximum Gasteiger partial charge on any atom is 0.411 e. The number of halogens is 10. The van der Waals surface area contributed by atoms with Crippen LogP contribution >= 0.6 is 11.6 Å². The molecule has 0 radical (unpaired) electrons. The Morgan fingerprint density at radius 3 is 2.10 bits per heavy atom. The smallest absolute Gasteiger partial charge is 0.365 e. The lowest BCUT2D eigenvalue weighted by Crippen LogP contribution is -2.47. The van der Waals surface area contributed by atoms with Gasteiger partial charge in [-0.1, -0.05) is 17.7 Å². The lowest BCUT2D eigenvalue weighted by Gasteiger charge is -2.34. The number of nitrogens with zero attached hydrogens (tertiary/aromatic N) is 5. The summed E-state index contributed by atoms with van der Waals surface area (Å²) in [5.74, 6) is -4.01. The van der Waals surface area contributed by atoms with Crippen molar-refractivity contribution in [2.45, 2.75) is 88.5 Å². The number of nitrogens with one attached hydrogen (secondary N) is 1. The van der Waals surface area contributed by atoms with Crippen molar-refractivity contribution in [1.82, 2.24) is 19.4 Å². The van der Waals surface area contributed by atoms with E-state index >= 15 is 0 Å². The van der Waals surface area contributed by atoms with Gasteiger partial charge >= 0.3 is 18.5 Å². The fraction of sp³-hybridized carbons (Fsp3) is 0.576. The van der Waals surface area contributed by atoms with Crippen molar-refractivity contribution in [2.24, 2.45) is 23.5 Å². The lowest BCUT2D eigenvalue weighted by atomic mass is 9.81. The molecule has 2 aromatic heterocycles. The second kappa shape index (κ2) is 13.8. The maximum absolute atomic E-state index is 13.8. The summed E-state index contributed by atoms with van der Waals surface area (Å²) in [7, 11) is 0. The van der Waals surface area contributed by atoms with Crippen molar-refractivity contribution >= 4 is 52.5 Å². The van der Waals surface area contributed by atoms with Crippen molar-refractivity contribution < 1.29 is 49.1 Å². The molecule has 284 valence electrons. The van der Waals surface area contributed by atoms with Crippen LogP contribution < -0.4 is 16.0 Å². The van der Waals surface area contributed by atoms with Gasteiger partial charge in [0.25, 0.3) is 5.91 Å². The molecular formula is C33H35ClF9N7O2. The van der Waals surface area contributed by atoms with Gasteiger partial charge in [0.1, 0.15) is 16.9 Å². The van der Waals surface area contributed by atoms with Crippen LogP contribution in [0.2, 0.25) is 5.02 Å². The van der Waals surface area contributed by atoms with Crippen LogP contribution in [0.5, 0.6) is 0 Å². The van der Waals surface area contributed by atoms with E-state index in [1.165, 1.54) is 29.2 Å². The van der Waals surface area contributed by atoms with Crippen LogP contribution in [0.15, 0.2) is 24.3 Å². The van der Waals surface area contributed by atoms with E-state index in [-0.39, 0.29) is 129 Å². The summed E-state index contributed by atoms with van der Waals surface area (Å²) >= 11 is 6.50. The van der Waals surface area contributed by atoms with E-state index < -0.39 is 41.8 Å². The molecule has 1 aliphatic heterocycles. The first-order valence-electron chi connectivity index (χ1n) is 16.7. The van der Waals surface area contributed by atoms with Gasteiger partial charge < -0.3 is 20.9 Å². The number of aromatic nitrogens is 3. The first-order chi connectivity index (χ1) is 24.3. The number of piperidine rings is 1. The van der Waals surface area contributed by atoms with Crippen molar-refractivity contribution in [1.29, 1.82) is 0 Å². The molecule has 2 aliphatic carbocycles. The van der Waals surface area contributed by atoms with Crippen LogP contribution in [0.3, 0.4) is 0 Å². The molecule has 1 aromatic carbocycles. The number of hydrogen-bond acceptors (Lipinski definition) is 6. The molecule has 3 heterocycles. The summed E-state index contributed by atoms with van der Waals surface area (Å²) in [5, 5.41) is 3.18. The van der Waals surface area contributed by atoms with Crippen molar-refractivity contribution in [3.8, 4) is 0 Å². The molecule has 3 N–H and O–H groups in total. The molecule has 2 saturated carbocycles. The fourth-order valence-corrected chi connectivity index (χ4v) is 7.47. The number of fused-ring (bicyclic) bond motifs is 1. The zero-order valence-corrected chi connectivity index (χ0v) is 28.3. The minimum absolute atomic E-state index is 0.0433. The second-order valence-corrected chi connectivity index (χ2v) is 14.3. The number of carbonyl (C=O) groups is 2. The van der Waals surface area contributed by atoms with Crippen molar-refractivity contribution in [3.63, 3.8) is 0 Å². The van der Waals surface area contributed by atoms with Crippen LogP contribution in [0.1, 0.15) is 67.3 Å². The summed E-state index contributed by atoms with van der Waals surface area (Å²) in [4.78, 5) is 35.9. The quantitative estimate of drug-likeness (QED) is 0.159. The second-order valence-electron chi connectivity index (χ2n) is 13.9. The third kappa shape index (κ3) is 7.57. The summed E-state index contributed by atoms with van der Waals surface area (Å²) in [6.07, 6.45) is -13.9. The van der Waals surface area contributed by atoms with E-state index in [1.54, 1.807) is 4.57 Å². The Balaban J connectivity index is 1.36. The van der Waals surface area contributed by atoms with Gasteiger partial charge in [-0.2, -0.15) is 39.5 Å². The molecule has 0 bridgehead atoms. The topological polar surface area (TPSA) is 109 Å². The van der Waals surface area contributed by atoms with Gasteiger partial charge in [0.2, 0.25) is 12.4 Å². The van der Waals surface area contributed by atoms with Crippen molar-refractivity contribution in [2.75, 3.05) is 23.3 Å². The van der Waals surface area contributed by atoms with E-state index in [9.17, 15) is 49.1 Å². The number of primary amides is 1. The van der Waals surface area contributed by atoms with Crippen LogP contribution in [0, 0.1) is 17.8 Å². The molecule has 9 nitrogen and oxygen atoms in total. The van der Waals surface area contributed by atoms with Gasteiger partial charge in [0, 0.05) is 26.2 Å². The van der Waals surface area contributed by atoms with E-state index in [2.05, 4.69) is 15.3 Å². The average Bonchev–Trinajstić information content (AvgIpc) is 3.83. The zero-order chi connectivity index (χ0) is 37.8. The van der Waals surface area contributed by atoms with E-state index in [0.29, 0.717) is 10.5 Å². The highest BCUT2D eigenvalue weighted by molar-refractivity contribution is 6.33. The number of alkyl halides is 9. The summed E-state index contributed by atoms with van der Waals surface area (Å²) < 4.78 is 124. The first-order valence-corrected chi connectivity index (χ1v) is 17.1. The Kier molecular flexibility index (Phi) is 10.0. The van der Waals surface area contributed by atoms with Crippen LogP contribution in [-0.2, 0) is 17.9 Å². The van der Waals surface area contributed by atoms with Crippen molar-refractivity contribution in [3.05, 3.63) is 40.4 Å². The third-order valence-corrected chi connectivity index (χ3v) is 10.9. The third-order valence-electron chi connectivity index (χ3n) is 10.5. The molecule has 6 rings (SSSR count). The normalized spacial score (nSPS) is 21.3. The molecule has 3 fully saturated rings. The SMILES string of the molecule is NC(=O)c1cc2nc(Nc3cc(CN(C=O)C4(C(F)(F)F)CC4)ccc3Cl)n(CC3CCC(C(F)(F)F)CC3)c2nc1N1CCC(C(F)(F)F)CC1. The molecule has 0 atom stereocenters. The van der Waals surface area contributed by atoms with Gasteiger partial charge in [0.15, 0.2) is 5.65 Å². The van der Waals surface area contributed by atoms with Crippen LogP contribution in [0.4, 0.5) is 57.0 Å². The Hall–Kier alpha value is -3.96. The number of anilines is 3. The standard InChI is InChI=1S/C33H35ClF9N7O2/c34-23-6-3-19(15-49(17-51)30(9-10-30)33(41,42)43)13-24(23)45-29-46-25-14-22(26(44)52)27(48-11-7-21(8-12-48)32(38,39)40)47-28(25)50(29)16-18-1-4-20(5-2-18)31(35,36)37/h3,6,13-14,17-18,20-21H,1-2,4-5,7-12,15-16H2,(H2,44,52)(H,45,46). The fourth-order valence-electron chi connectivity index (χ4n) is 7.30. The number of benzene rings is 1. The number of amides is 2. The number of carbonyl (C=O) groups excluding carboxylic acids is 2. The predicted octanol–water partition coefficient (Wildman–Crippen LogP) is 8.13. The Morgan fingerprint density at radius 2 is 1.56 bits per heavy atom. The number of rotatable bonds is 10. The molecule has 0 spiro atoms. The van der Waals surface area contributed by atoms with E-state index in [1.807, 2.05) is 0 Å². The van der Waals surface area contributed by atoms with Gasteiger partial charge in [-0.3, -0.25) is 14.2 Å². The van der Waals surface area contributed by atoms with E-state index in [0.717, 1.165) is 0 Å². The molecule has 19 heteroatoms. The lowest BCUT2D eigenvalue weighted by molar-refractivity contribution is -0.197. The molecule has 3 aliphatic rings. The number of nitrogens with two attached hydrogens (primary N) is 1. The summed E-state index contributed by atoms with van der Waals surface area (Å²) in [5.41, 5.74) is 4.15. The molecule has 52 heavy (non-hydrogen) atoms. The minimum atomic E-state index is -4.63. The highest BCUT2D eigenvalue weighted by atomic mass is 35.5. The molecule has 3 aromatic rings. The Morgan fingerprint density at radius 1 is 0.942 bits per heavy atom. The van der Waals surface area contributed by atoms with Gasteiger partial charge in [-0.25, -0.2) is 9.97 Å². The predicted molar refractivity (Wildman–Crippen MR) is 173 cm³/mol. The zero-order valence-electron chi connectivity index (χ0n) is 27.5. The number of hydrogen-bond donors (Lipinski definition) is 2. The van der Waals surface area contributed by atoms with Gasteiger partial charge in [0.05, 0.1) is 28.1 Å². The monoisotopic (exact) mass is 767 g/mol. The minimum Gasteiger partial charge on any atom is -0.365 e. The largest absolute Gasteiger partial charge is 0.411 e. The molecular weight excluding hydrogens is 733 g/mol. The summed E-state index contributed by atoms with van der Waals surface area (Å²) in [6.45, 7) is -0.406. The Bertz CT molecular complexity index is 1810. The van der Waals surface area contributed by atoms with E-state index in [4.69, 9.17) is 17.3 Å². The average molecular weight is 768 g/mol.